The number of hydrogen-bond acceptors (Lipinski definition) is 4. The van der Waals surface area contributed by atoms with E-state index in [1.165, 1.54) is 0 Å². The van der Waals surface area contributed by atoms with Crippen LogP contribution in [-0.2, 0) is 9.53 Å². The van der Waals surface area contributed by atoms with Gasteiger partial charge in [-0.25, -0.2) is 4.79 Å². The van der Waals surface area contributed by atoms with E-state index in [4.69, 9.17) is 4.74 Å². The van der Waals surface area contributed by atoms with Gasteiger partial charge in [0.05, 0.1) is 5.56 Å². The maximum Gasteiger partial charge on any atom is 0.338 e. The Morgan fingerprint density at radius 2 is 1.80 bits per heavy atom. The molecule has 0 saturated carbocycles. The molecule has 0 radical (unpaired) electrons. The first-order chi connectivity index (χ1) is 11.9. The molecule has 0 aromatic heterocycles. The lowest BCUT2D eigenvalue weighted by molar-refractivity contribution is -0.119. The van der Waals surface area contributed by atoms with Crippen LogP contribution in [0, 0.1) is 0 Å². The Labute approximate surface area is 148 Å². The van der Waals surface area contributed by atoms with Crippen molar-refractivity contribution in [3.8, 4) is 0 Å². The Bertz CT molecular complexity index is 754. The summed E-state index contributed by atoms with van der Waals surface area (Å²) in [5, 5.41) is 2.75. The normalized spacial score (nSPS) is 10.4. The second-order valence-electron chi connectivity index (χ2n) is 6.35. The second-order valence-corrected chi connectivity index (χ2v) is 6.35. The van der Waals surface area contributed by atoms with Crippen LogP contribution in [0.4, 0.5) is 11.4 Å². The van der Waals surface area contributed by atoms with Crippen molar-refractivity contribution < 1.29 is 14.3 Å². The summed E-state index contributed by atoms with van der Waals surface area (Å²) in [7, 11) is 3.78. The van der Waals surface area contributed by atoms with Crippen LogP contribution in [-0.4, -0.2) is 32.6 Å². The highest BCUT2D eigenvalue weighted by Gasteiger charge is 2.12. The van der Waals surface area contributed by atoms with Gasteiger partial charge in [0.2, 0.25) is 0 Å². The van der Waals surface area contributed by atoms with Crippen molar-refractivity contribution in [3.05, 3.63) is 59.7 Å². The number of nitrogens with zero attached hydrogens (tertiary/aromatic N) is 1. The van der Waals surface area contributed by atoms with Gasteiger partial charge in [-0.3, -0.25) is 4.79 Å². The van der Waals surface area contributed by atoms with Crippen LogP contribution < -0.4 is 10.2 Å². The quantitative estimate of drug-likeness (QED) is 0.815. The first-order valence-electron chi connectivity index (χ1n) is 8.21. The van der Waals surface area contributed by atoms with Gasteiger partial charge in [0.1, 0.15) is 0 Å². The summed E-state index contributed by atoms with van der Waals surface area (Å²) in [6.45, 7) is 3.85. The second kappa shape index (κ2) is 8.33. The number of anilines is 2. The van der Waals surface area contributed by atoms with Gasteiger partial charge in [-0.2, -0.15) is 0 Å². The number of hydrogen-bond donors (Lipinski definition) is 1. The topological polar surface area (TPSA) is 58.6 Å². The minimum Gasteiger partial charge on any atom is -0.452 e. The van der Waals surface area contributed by atoms with E-state index in [2.05, 4.69) is 19.2 Å². The molecule has 0 fully saturated rings. The molecule has 2 rings (SSSR count). The van der Waals surface area contributed by atoms with Gasteiger partial charge in [-0.1, -0.05) is 32.0 Å². The minimum absolute atomic E-state index is 0.322. The number of amides is 1. The first-order valence-corrected chi connectivity index (χ1v) is 8.21. The highest BCUT2D eigenvalue weighted by molar-refractivity contribution is 5.95. The fraction of sp³-hybridized carbons (Fsp3) is 0.300. The lowest BCUT2D eigenvalue weighted by atomic mass is 10.0. The summed E-state index contributed by atoms with van der Waals surface area (Å²) in [4.78, 5) is 26.0. The number of carbonyl (C=O) groups excluding carboxylic acids is 2. The number of esters is 1. The van der Waals surface area contributed by atoms with Crippen molar-refractivity contribution in [1.82, 2.24) is 0 Å². The van der Waals surface area contributed by atoms with Gasteiger partial charge in [0.15, 0.2) is 6.61 Å². The summed E-state index contributed by atoms with van der Waals surface area (Å²) in [6, 6.07) is 14.7. The predicted molar refractivity (Wildman–Crippen MR) is 100 cm³/mol. The Morgan fingerprint density at radius 1 is 1.08 bits per heavy atom. The molecule has 5 nitrogen and oxygen atoms in total. The standard InChI is InChI=1S/C20H24N2O3/c1-14(2)15-7-5-9-17(11-15)21-19(23)13-25-20(24)16-8-6-10-18(12-16)22(3)4/h5-12,14H,13H2,1-4H3,(H,21,23). The SMILES string of the molecule is CC(C)c1cccc(NC(=O)COC(=O)c2cccc(N(C)C)c2)c1. The molecule has 0 atom stereocenters. The third kappa shape index (κ3) is 5.35. The lowest BCUT2D eigenvalue weighted by Crippen LogP contribution is -2.21. The Morgan fingerprint density at radius 3 is 2.48 bits per heavy atom. The van der Waals surface area contributed by atoms with E-state index >= 15 is 0 Å². The zero-order chi connectivity index (χ0) is 18.4. The minimum atomic E-state index is -0.519. The molecule has 0 unspecified atom stereocenters. The van der Waals surface area contributed by atoms with E-state index in [9.17, 15) is 9.59 Å². The van der Waals surface area contributed by atoms with Gasteiger partial charge in [0.25, 0.3) is 5.91 Å². The van der Waals surface area contributed by atoms with Crippen molar-refractivity contribution in [2.24, 2.45) is 0 Å². The van der Waals surface area contributed by atoms with Crippen LogP contribution in [0.1, 0.15) is 35.7 Å². The van der Waals surface area contributed by atoms with Gasteiger partial charge in [-0.05, 0) is 41.8 Å². The number of carbonyl (C=O) groups is 2. The average Bonchev–Trinajstić information content (AvgIpc) is 2.60. The van der Waals surface area contributed by atoms with Gasteiger partial charge in [0, 0.05) is 25.5 Å². The van der Waals surface area contributed by atoms with Gasteiger partial charge in [-0.15, -0.1) is 0 Å². The number of nitrogens with one attached hydrogen (secondary N) is 1. The molecule has 1 N–H and O–H groups in total. The Balaban J connectivity index is 1.92. The van der Waals surface area contributed by atoms with Crippen LogP contribution in [0.25, 0.3) is 0 Å². The third-order valence-electron chi connectivity index (χ3n) is 3.77. The molecule has 0 aliphatic rings. The first kappa shape index (κ1) is 18.5. The zero-order valence-corrected chi connectivity index (χ0v) is 15.1. The van der Waals surface area contributed by atoms with Crippen molar-refractivity contribution >= 4 is 23.3 Å². The maximum absolute atomic E-state index is 12.1. The Hall–Kier alpha value is -2.82. The molecular formula is C20H24N2O3. The number of benzene rings is 2. The lowest BCUT2D eigenvalue weighted by Gasteiger charge is -2.13. The fourth-order valence-electron chi connectivity index (χ4n) is 2.30. The van der Waals surface area contributed by atoms with Crippen LogP contribution in [0.5, 0.6) is 0 Å². The number of ether oxygens (including phenoxy) is 1. The molecule has 0 heterocycles. The summed E-state index contributed by atoms with van der Waals surface area (Å²) in [5.74, 6) is -0.508. The smallest absolute Gasteiger partial charge is 0.338 e. The summed E-state index contributed by atoms with van der Waals surface area (Å²) >= 11 is 0. The fourth-order valence-corrected chi connectivity index (χ4v) is 2.30. The van der Waals surface area contributed by atoms with Gasteiger partial charge >= 0.3 is 5.97 Å². The molecule has 132 valence electrons. The molecular weight excluding hydrogens is 316 g/mol. The molecule has 0 aliphatic heterocycles. The molecule has 2 aromatic carbocycles. The van der Waals surface area contributed by atoms with Crippen LogP contribution in [0.15, 0.2) is 48.5 Å². The van der Waals surface area contributed by atoms with E-state index in [0.717, 1.165) is 11.3 Å². The maximum atomic E-state index is 12.1. The van der Waals surface area contributed by atoms with Crippen LogP contribution in [0.3, 0.4) is 0 Å². The molecule has 25 heavy (non-hydrogen) atoms. The summed E-state index contributed by atoms with van der Waals surface area (Å²) in [6.07, 6.45) is 0. The van der Waals surface area contributed by atoms with Gasteiger partial charge < -0.3 is 15.0 Å². The van der Waals surface area contributed by atoms with E-state index in [1.54, 1.807) is 18.2 Å². The number of rotatable bonds is 6. The summed E-state index contributed by atoms with van der Waals surface area (Å²) in [5.41, 5.74) is 3.14. The molecule has 5 heteroatoms. The Kier molecular flexibility index (Phi) is 6.17. The van der Waals surface area contributed by atoms with E-state index in [1.807, 2.05) is 49.3 Å². The monoisotopic (exact) mass is 340 g/mol. The van der Waals surface area contributed by atoms with Crippen molar-refractivity contribution in [2.45, 2.75) is 19.8 Å². The molecule has 0 saturated heterocycles. The van der Waals surface area contributed by atoms with Crippen LogP contribution >= 0.6 is 0 Å². The highest BCUT2D eigenvalue weighted by Crippen LogP contribution is 2.18. The van der Waals surface area contributed by atoms with E-state index in [-0.39, 0.29) is 12.5 Å². The molecule has 1 amide bonds. The molecule has 0 bridgehead atoms. The van der Waals surface area contributed by atoms with Crippen molar-refractivity contribution in [2.75, 3.05) is 30.9 Å². The van der Waals surface area contributed by atoms with E-state index < -0.39 is 5.97 Å². The van der Waals surface area contributed by atoms with Crippen LogP contribution in [0.2, 0.25) is 0 Å². The van der Waals surface area contributed by atoms with E-state index in [0.29, 0.717) is 17.2 Å². The van der Waals surface area contributed by atoms with Crippen molar-refractivity contribution in [3.63, 3.8) is 0 Å². The average molecular weight is 340 g/mol. The molecule has 2 aromatic rings. The molecule has 0 aliphatic carbocycles. The highest BCUT2D eigenvalue weighted by atomic mass is 16.5. The van der Waals surface area contributed by atoms with Crippen molar-refractivity contribution in [1.29, 1.82) is 0 Å². The zero-order valence-electron chi connectivity index (χ0n) is 15.1. The summed E-state index contributed by atoms with van der Waals surface area (Å²) < 4.78 is 5.11. The third-order valence-corrected chi connectivity index (χ3v) is 3.77. The largest absolute Gasteiger partial charge is 0.452 e. The predicted octanol–water partition coefficient (Wildman–Crippen LogP) is 3.67. The molecule has 0 spiro atoms.